The lowest BCUT2D eigenvalue weighted by Gasteiger charge is -2.13. The van der Waals surface area contributed by atoms with Gasteiger partial charge in [-0.25, -0.2) is 4.79 Å². The van der Waals surface area contributed by atoms with Crippen molar-refractivity contribution in [2.75, 3.05) is 0 Å². The van der Waals surface area contributed by atoms with Crippen LogP contribution in [0.5, 0.6) is 0 Å². The maximum atomic E-state index is 11.0. The Morgan fingerprint density at radius 1 is 1.60 bits per heavy atom. The fourth-order valence-electron chi connectivity index (χ4n) is 1.60. The highest BCUT2D eigenvalue weighted by Gasteiger charge is 2.17. The molecule has 4 heteroatoms. The van der Waals surface area contributed by atoms with Crippen LogP contribution >= 0.6 is 0 Å². The van der Waals surface area contributed by atoms with E-state index in [9.17, 15) is 4.79 Å². The summed E-state index contributed by atoms with van der Waals surface area (Å²) in [5, 5.41) is 13.2. The number of rotatable bonds is 5. The molecule has 1 rings (SSSR count). The minimum atomic E-state index is -0.881. The molecule has 0 aliphatic heterocycles. The molecule has 0 aliphatic rings. The van der Waals surface area contributed by atoms with Crippen molar-refractivity contribution < 1.29 is 9.90 Å². The highest BCUT2D eigenvalue weighted by atomic mass is 16.4. The van der Waals surface area contributed by atoms with Crippen LogP contribution in [0.15, 0.2) is 6.20 Å². The van der Waals surface area contributed by atoms with Crippen LogP contribution in [0.1, 0.15) is 55.7 Å². The Balaban J connectivity index is 3.11. The maximum absolute atomic E-state index is 11.0. The van der Waals surface area contributed by atoms with Gasteiger partial charge in [0.1, 0.15) is 5.56 Å². The molecule has 15 heavy (non-hydrogen) atoms. The van der Waals surface area contributed by atoms with Crippen molar-refractivity contribution in [1.29, 1.82) is 0 Å². The number of hydrogen-bond acceptors (Lipinski definition) is 2. The first kappa shape index (κ1) is 11.8. The molecule has 84 valence electrons. The summed E-state index contributed by atoms with van der Waals surface area (Å²) in [4.78, 5) is 11.0. The normalized spacial score (nSPS) is 12.7. The Kier molecular flexibility index (Phi) is 3.88. The van der Waals surface area contributed by atoms with Gasteiger partial charge in [0.05, 0.1) is 11.9 Å². The minimum absolute atomic E-state index is 0.264. The number of carbonyl (C=O) groups is 1. The van der Waals surface area contributed by atoms with Gasteiger partial charge in [-0.15, -0.1) is 0 Å². The second-order valence-corrected chi connectivity index (χ2v) is 3.76. The van der Waals surface area contributed by atoms with Crippen LogP contribution in [0.3, 0.4) is 0 Å². The molecule has 1 aromatic rings. The van der Waals surface area contributed by atoms with E-state index in [-0.39, 0.29) is 6.04 Å². The summed E-state index contributed by atoms with van der Waals surface area (Å²) in [6.45, 7) is 6.17. The topological polar surface area (TPSA) is 55.1 Å². The summed E-state index contributed by atoms with van der Waals surface area (Å²) < 4.78 is 1.84. The molecule has 1 unspecified atom stereocenters. The summed E-state index contributed by atoms with van der Waals surface area (Å²) in [5.74, 6) is -0.881. The molecular formula is C11H18N2O2. The lowest BCUT2D eigenvalue weighted by Crippen LogP contribution is -2.11. The molecular weight excluding hydrogens is 192 g/mol. The van der Waals surface area contributed by atoms with Gasteiger partial charge in [-0.05, 0) is 19.8 Å². The van der Waals surface area contributed by atoms with Gasteiger partial charge in [0.25, 0.3) is 0 Å². The van der Waals surface area contributed by atoms with Gasteiger partial charge in [0.2, 0.25) is 0 Å². The zero-order valence-corrected chi connectivity index (χ0v) is 9.53. The Morgan fingerprint density at radius 2 is 2.27 bits per heavy atom. The molecule has 0 saturated carbocycles. The molecule has 4 nitrogen and oxygen atoms in total. The van der Waals surface area contributed by atoms with Crippen LogP contribution in [-0.4, -0.2) is 20.9 Å². The Morgan fingerprint density at radius 3 is 2.73 bits per heavy atom. The molecule has 0 saturated heterocycles. The Hall–Kier alpha value is -1.32. The SMILES string of the molecule is CCCc1c(C(=O)O)cnn1C(C)CC. The van der Waals surface area contributed by atoms with Crippen LogP contribution in [0.4, 0.5) is 0 Å². The number of aromatic carboxylic acids is 1. The molecule has 1 heterocycles. The van der Waals surface area contributed by atoms with Crippen molar-refractivity contribution >= 4 is 5.97 Å². The predicted octanol–water partition coefficient (Wildman–Crippen LogP) is 2.50. The third-order valence-corrected chi connectivity index (χ3v) is 2.62. The van der Waals surface area contributed by atoms with E-state index in [1.807, 2.05) is 11.6 Å². The highest BCUT2D eigenvalue weighted by Crippen LogP contribution is 2.18. The van der Waals surface area contributed by atoms with Crippen molar-refractivity contribution in [1.82, 2.24) is 9.78 Å². The second kappa shape index (κ2) is 4.96. The second-order valence-electron chi connectivity index (χ2n) is 3.76. The largest absolute Gasteiger partial charge is 0.478 e. The maximum Gasteiger partial charge on any atom is 0.339 e. The average molecular weight is 210 g/mol. The zero-order valence-electron chi connectivity index (χ0n) is 9.53. The molecule has 0 amide bonds. The average Bonchev–Trinajstić information content (AvgIpc) is 2.61. The zero-order chi connectivity index (χ0) is 11.4. The van der Waals surface area contributed by atoms with Crippen LogP contribution in [0, 0.1) is 0 Å². The number of carboxylic acid groups (broad SMARTS) is 1. The summed E-state index contributed by atoms with van der Waals surface area (Å²) in [6, 6.07) is 0.264. The molecule has 1 aromatic heterocycles. The van der Waals surface area contributed by atoms with Crippen molar-refractivity contribution in [3.8, 4) is 0 Å². The van der Waals surface area contributed by atoms with E-state index in [1.54, 1.807) is 0 Å². The minimum Gasteiger partial charge on any atom is -0.478 e. The van der Waals surface area contributed by atoms with E-state index in [2.05, 4.69) is 18.9 Å². The molecule has 1 atom stereocenters. The van der Waals surface area contributed by atoms with Gasteiger partial charge in [-0.3, -0.25) is 4.68 Å². The van der Waals surface area contributed by atoms with Gasteiger partial charge in [-0.2, -0.15) is 5.10 Å². The molecule has 0 aromatic carbocycles. The van der Waals surface area contributed by atoms with Gasteiger partial charge >= 0.3 is 5.97 Å². The predicted molar refractivity (Wildman–Crippen MR) is 58.2 cm³/mol. The van der Waals surface area contributed by atoms with Crippen LogP contribution in [0.2, 0.25) is 0 Å². The number of hydrogen-bond donors (Lipinski definition) is 1. The van der Waals surface area contributed by atoms with Crippen molar-refractivity contribution in [3.05, 3.63) is 17.5 Å². The van der Waals surface area contributed by atoms with Gasteiger partial charge < -0.3 is 5.11 Å². The highest BCUT2D eigenvalue weighted by molar-refractivity contribution is 5.88. The summed E-state index contributed by atoms with van der Waals surface area (Å²) in [7, 11) is 0. The van der Waals surface area contributed by atoms with E-state index < -0.39 is 5.97 Å². The van der Waals surface area contributed by atoms with Gasteiger partial charge in [0, 0.05) is 6.04 Å². The van der Waals surface area contributed by atoms with Gasteiger partial charge in [-0.1, -0.05) is 20.3 Å². The van der Waals surface area contributed by atoms with Gasteiger partial charge in [0.15, 0.2) is 0 Å². The number of aromatic nitrogens is 2. The molecule has 0 aliphatic carbocycles. The number of nitrogens with zero attached hydrogens (tertiary/aromatic N) is 2. The first-order chi connectivity index (χ1) is 7.11. The summed E-state index contributed by atoms with van der Waals surface area (Å²) >= 11 is 0. The van der Waals surface area contributed by atoms with E-state index in [0.29, 0.717) is 5.56 Å². The van der Waals surface area contributed by atoms with E-state index in [0.717, 1.165) is 25.0 Å². The standard InChI is InChI=1S/C11H18N2O2/c1-4-6-10-9(11(14)15)7-12-13(10)8(3)5-2/h7-8H,4-6H2,1-3H3,(H,14,15). The van der Waals surface area contributed by atoms with Crippen molar-refractivity contribution in [2.24, 2.45) is 0 Å². The molecule has 0 bridgehead atoms. The smallest absolute Gasteiger partial charge is 0.339 e. The fraction of sp³-hybridized carbons (Fsp3) is 0.636. The van der Waals surface area contributed by atoms with E-state index >= 15 is 0 Å². The van der Waals surface area contributed by atoms with E-state index in [1.165, 1.54) is 6.20 Å². The third kappa shape index (κ3) is 2.37. The lowest BCUT2D eigenvalue weighted by molar-refractivity contribution is 0.0695. The van der Waals surface area contributed by atoms with Crippen LogP contribution < -0.4 is 0 Å². The summed E-state index contributed by atoms with van der Waals surface area (Å²) in [5.41, 5.74) is 1.19. The first-order valence-corrected chi connectivity index (χ1v) is 5.41. The molecule has 1 N–H and O–H groups in total. The van der Waals surface area contributed by atoms with Crippen LogP contribution in [0.25, 0.3) is 0 Å². The number of carboxylic acids is 1. The molecule has 0 radical (unpaired) electrons. The van der Waals surface area contributed by atoms with E-state index in [4.69, 9.17) is 5.11 Å². The first-order valence-electron chi connectivity index (χ1n) is 5.41. The lowest BCUT2D eigenvalue weighted by atomic mass is 10.1. The quantitative estimate of drug-likeness (QED) is 0.812. The van der Waals surface area contributed by atoms with Crippen molar-refractivity contribution in [2.45, 2.75) is 46.1 Å². The Labute approximate surface area is 89.9 Å². The Bertz CT molecular complexity index is 344. The summed E-state index contributed by atoms with van der Waals surface area (Å²) in [6.07, 6.45) is 4.12. The third-order valence-electron chi connectivity index (χ3n) is 2.62. The molecule has 0 spiro atoms. The van der Waals surface area contributed by atoms with Crippen LogP contribution in [-0.2, 0) is 6.42 Å². The van der Waals surface area contributed by atoms with Crippen molar-refractivity contribution in [3.63, 3.8) is 0 Å². The monoisotopic (exact) mass is 210 g/mol. The molecule has 0 fully saturated rings. The fourth-order valence-corrected chi connectivity index (χ4v) is 1.60.